The van der Waals surface area contributed by atoms with Crippen LogP contribution in [0.4, 0.5) is 13.2 Å². The number of benzene rings is 1. The van der Waals surface area contributed by atoms with Gasteiger partial charge in [0.2, 0.25) is 0 Å². The lowest BCUT2D eigenvalue weighted by Gasteiger charge is -2.19. The Balaban J connectivity index is 1.85. The number of hydrogen-bond acceptors (Lipinski definition) is 2. The molecule has 2 heterocycles. The summed E-state index contributed by atoms with van der Waals surface area (Å²) in [6.07, 6.45) is -1.31. The van der Waals surface area contributed by atoms with Crippen LogP contribution in [0.25, 0.3) is 10.4 Å². The summed E-state index contributed by atoms with van der Waals surface area (Å²) in [5, 5.41) is 2.64. The van der Waals surface area contributed by atoms with Crippen molar-refractivity contribution in [1.29, 1.82) is 0 Å². The molecule has 136 valence electrons. The van der Waals surface area contributed by atoms with Gasteiger partial charge in [-0.3, -0.25) is 4.79 Å². The third kappa shape index (κ3) is 3.78. The maximum absolute atomic E-state index is 13.2. The molecule has 0 fully saturated rings. The Morgan fingerprint density at radius 3 is 2.58 bits per heavy atom. The first kappa shape index (κ1) is 18.5. The quantitative estimate of drug-likeness (QED) is 0.564. The van der Waals surface area contributed by atoms with Crippen LogP contribution in [0.3, 0.4) is 0 Å². The molecule has 8 heteroatoms. The van der Waals surface area contributed by atoms with E-state index >= 15 is 0 Å². The van der Waals surface area contributed by atoms with Gasteiger partial charge in [-0.2, -0.15) is 13.2 Å². The van der Waals surface area contributed by atoms with Crippen LogP contribution in [0.15, 0.2) is 48.8 Å². The van der Waals surface area contributed by atoms with E-state index in [4.69, 9.17) is 11.6 Å². The monoisotopic (exact) mass is 398 g/mol. The number of carbonyl (C=O) groups is 1. The fraction of sp³-hybridized carbons (Fsp3) is 0.167. The molecular weight excluding hydrogens is 385 g/mol. The Hall–Kier alpha value is -2.25. The number of H-pyrrole nitrogens is 1. The largest absolute Gasteiger partial charge is 0.416 e. The second-order valence-corrected chi connectivity index (χ2v) is 7.38. The highest BCUT2D eigenvalue weighted by atomic mass is 35.5. The number of aromatic amines is 1. The average molecular weight is 399 g/mol. The standard InChI is InChI=1S/C18H14ClF3N2OS/c1-10(11-4-2-3-5-14(11)18(20,21)22)24-17(25)13-9-23-8-12(13)15-6-7-16(19)26-15/h2-10,23H,1H3,(H,24,25). The Labute approximate surface area is 156 Å². The van der Waals surface area contributed by atoms with E-state index in [1.165, 1.54) is 42.7 Å². The summed E-state index contributed by atoms with van der Waals surface area (Å²) >= 11 is 7.25. The van der Waals surface area contributed by atoms with Crippen molar-refractivity contribution in [3.05, 3.63) is 69.8 Å². The highest BCUT2D eigenvalue weighted by Gasteiger charge is 2.34. The Morgan fingerprint density at radius 2 is 1.92 bits per heavy atom. The molecule has 3 aromatic rings. The highest BCUT2D eigenvalue weighted by Crippen LogP contribution is 2.35. The van der Waals surface area contributed by atoms with Crippen LogP contribution < -0.4 is 5.32 Å². The predicted octanol–water partition coefficient (Wildman–Crippen LogP) is 5.91. The number of carbonyl (C=O) groups excluding carboxylic acids is 1. The number of halogens is 4. The van der Waals surface area contributed by atoms with Crippen LogP contribution in [0.5, 0.6) is 0 Å². The van der Waals surface area contributed by atoms with Crippen molar-refractivity contribution < 1.29 is 18.0 Å². The molecule has 2 N–H and O–H groups in total. The molecule has 0 aliphatic rings. The summed E-state index contributed by atoms with van der Waals surface area (Å²) in [4.78, 5) is 16.3. The molecule has 0 aliphatic carbocycles. The maximum atomic E-state index is 13.2. The molecule has 0 aliphatic heterocycles. The minimum absolute atomic E-state index is 0.0182. The van der Waals surface area contributed by atoms with E-state index in [-0.39, 0.29) is 5.56 Å². The smallest absolute Gasteiger partial charge is 0.366 e. The van der Waals surface area contributed by atoms with Crippen LogP contribution in [-0.2, 0) is 6.18 Å². The molecule has 1 atom stereocenters. The summed E-state index contributed by atoms with van der Waals surface area (Å²) in [5.74, 6) is -0.463. The second-order valence-electron chi connectivity index (χ2n) is 5.67. The molecule has 0 spiro atoms. The zero-order chi connectivity index (χ0) is 18.9. The molecular formula is C18H14ClF3N2OS. The van der Waals surface area contributed by atoms with E-state index in [9.17, 15) is 18.0 Å². The van der Waals surface area contributed by atoms with Crippen molar-refractivity contribution in [1.82, 2.24) is 10.3 Å². The Morgan fingerprint density at radius 1 is 1.19 bits per heavy atom. The van der Waals surface area contributed by atoms with Gasteiger partial charge in [0.25, 0.3) is 5.91 Å². The third-order valence-electron chi connectivity index (χ3n) is 3.91. The summed E-state index contributed by atoms with van der Waals surface area (Å²) in [6.45, 7) is 1.52. The van der Waals surface area contributed by atoms with Gasteiger partial charge in [-0.25, -0.2) is 0 Å². The summed E-state index contributed by atoms with van der Waals surface area (Å²) < 4.78 is 40.1. The molecule has 0 bridgehead atoms. The van der Waals surface area contributed by atoms with Crippen molar-refractivity contribution in [3.8, 4) is 10.4 Å². The number of thiophene rings is 1. The first-order valence-electron chi connectivity index (χ1n) is 7.67. The third-order valence-corrected chi connectivity index (χ3v) is 5.17. The summed E-state index contributed by atoms with van der Waals surface area (Å²) in [5.41, 5.74) is 0.257. The van der Waals surface area contributed by atoms with Crippen LogP contribution in [0, 0.1) is 0 Å². The van der Waals surface area contributed by atoms with Crippen molar-refractivity contribution in [2.24, 2.45) is 0 Å². The lowest BCUT2D eigenvalue weighted by molar-refractivity contribution is -0.138. The average Bonchev–Trinajstić information content (AvgIpc) is 3.22. The molecule has 26 heavy (non-hydrogen) atoms. The van der Waals surface area contributed by atoms with Crippen LogP contribution in [0.1, 0.15) is 34.5 Å². The SMILES string of the molecule is CC(NC(=O)c1c[nH]cc1-c1ccc(Cl)s1)c1ccccc1C(F)(F)F. The topological polar surface area (TPSA) is 44.9 Å². The van der Waals surface area contributed by atoms with Gasteiger partial charge in [0.05, 0.1) is 21.5 Å². The van der Waals surface area contributed by atoms with Crippen molar-refractivity contribution in [3.63, 3.8) is 0 Å². The number of hydrogen-bond donors (Lipinski definition) is 2. The predicted molar refractivity (Wildman–Crippen MR) is 96.4 cm³/mol. The molecule has 3 nitrogen and oxygen atoms in total. The van der Waals surface area contributed by atoms with E-state index in [2.05, 4.69) is 10.3 Å². The zero-order valence-corrected chi connectivity index (χ0v) is 15.1. The van der Waals surface area contributed by atoms with E-state index in [1.54, 1.807) is 18.3 Å². The molecule has 2 aromatic heterocycles. The maximum Gasteiger partial charge on any atom is 0.416 e. The number of alkyl halides is 3. The minimum atomic E-state index is -4.48. The summed E-state index contributed by atoms with van der Waals surface area (Å²) in [7, 11) is 0. The lowest BCUT2D eigenvalue weighted by Crippen LogP contribution is -2.28. The van der Waals surface area contributed by atoms with Crippen molar-refractivity contribution in [2.45, 2.75) is 19.1 Å². The molecule has 3 rings (SSSR count). The first-order chi connectivity index (χ1) is 12.3. The molecule has 0 radical (unpaired) electrons. The second kappa shape index (κ2) is 7.17. The molecule has 1 unspecified atom stereocenters. The minimum Gasteiger partial charge on any atom is -0.366 e. The Bertz CT molecular complexity index is 932. The fourth-order valence-electron chi connectivity index (χ4n) is 2.70. The molecule has 0 saturated carbocycles. The van der Waals surface area contributed by atoms with Gasteiger partial charge in [-0.15, -0.1) is 11.3 Å². The first-order valence-corrected chi connectivity index (χ1v) is 8.86. The van der Waals surface area contributed by atoms with Crippen molar-refractivity contribution in [2.75, 3.05) is 0 Å². The van der Waals surface area contributed by atoms with Crippen LogP contribution >= 0.6 is 22.9 Å². The number of amides is 1. The van der Waals surface area contributed by atoms with Crippen molar-refractivity contribution >= 4 is 28.8 Å². The lowest BCUT2D eigenvalue weighted by atomic mass is 10.0. The van der Waals surface area contributed by atoms with Gasteiger partial charge in [0.15, 0.2) is 0 Å². The molecule has 1 aromatic carbocycles. The van der Waals surface area contributed by atoms with Crippen LogP contribution in [0.2, 0.25) is 4.34 Å². The van der Waals surface area contributed by atoms with Gasteiger partial charge in [0.1, 0.15) is 0 Å². The normalized spacial score (nSPS) is 12.8. The van der Waals surface area contributed by atoms with Crippen LogP contribution in [-0.4, -0.2) is 10.9 Å². The van der Waals surface area contributed by atoms with E-state index in [0.717, 1.165) is 10.9 Å². The van der Waals surface area contributed by atoms with E-state index in [1.807, 2.05) is 0 Å². The van der Waals surface area contributed by atoms with Gasteiger partial charge >= 0.3 is 6.18 Å². The van der Waals surface area contributed by atoms with E-state index in [0.29, 0.717) is 15.5 Å². The molecule has 1 amide bonds. The highest BCUT2D eigenvalue weighted by molar-refractivity contribution is 7.19. The fourth-order valence-corrected chi connectivity index (χ4v) is 3.77. The van der Waals surface area contributed by atoms with Gasteiger partial charge < -0.3 is 10.3 Å². The van der Waals surface area contributed by atoms with Gasteiger partial charge in [-0.05, 0) is 30.7 Å². The number of nitrogens with one attached hydrogen (secondary N) is 2. The van der Waals surface area contributed by atoms with Gasteiger partial charge in [0, 0.05) is 22.8 Å². The molecule has 0 saturated heterocycles. The summed E-state index contributed by atoms with van der Waals surface area (Å²) in [6, 6.07) is 7.91. The number of rotatable bonds is 4. The van der Waals surface area contributed by atoms with Gasteiger partial charge in [-0.1, -0.05) is 29.8 Å². The number of aromatic nitrogens is 1. The Kier molecular flexibility index (Phi) is 5.11. The van der Waals surface area contributed by atoms with E-state index < -0.39 is 23.7 Å². The zero-order valence-electron chi connectivity index (χ0n) is 13.5.